The molecule has 1 aromatic rings. The van der Waals surface area contributed by atoms with Gasteiger partial charge >= 0.3 is 116 Å². The quantitative estimate of drug-likeness (QED) is 0.762. The van der Waals surface area contributed by atoms with Crippen LogP contribution in [-0.4, -0.2) is 22.7 Å². The van der Waals surface area contributed by atoms with Crippen LogP contribution in [0.1, 0.15) is 38.8 Å². The molecule has 1 rings (SSSR count). The molecule has 0 aliphatic carbocycles. The molecule has 0 spiro atoms. The topological polar surface area (TPSA) is 35.2 Å². The zero-order valence-corrected chi connectivity index (χ0v) is 15.5. The molecule has 4 heteroatoms. The summed E-state index contributed by atoms with van der Waals surface area (Å²) in [5.74, 6) is 0. The fourth-order valence-corrected chi connectivity index (χ4v) is 12.9. The van der Waals surface area contributed by atoms with Gasteiger partial charge in [0.05, 0.1) is 0 Å². The molecule has 17 heavy (non-hydrogen) atoms. The van der Waals surface area contributed by atoms with E-state index in [9.17, 15) is 0 Å². The molecule has 0 aromatic heterocycles. The fraction of sp³-hybridized carbons (Fsp3) is 0.538. The van der Waals surface area contributed by atoms with Gasteiger partial charge in [0.25, 0.3) is 0 Å². The van der Waals surface area contributed by atoms with Gasteiger partial charge < -0.3 is 0 Å². The van der Waals surface area contributed by atoms with E-state index in [2.05, 4.69) is 49.7 Å². The molecule has 0 bridgehead atoms. The van der Waals surface area contributed by atoms with Crippen molar-refractivity contribution in [3.05, 3.63) is 29.8 Å². The Labute approximate surface area is 115 Å². The minimum absolute atomic E-state index is 0.0558. The first-order valence-electron chi connectivity index (χ1n) is 6.10. The third kappa shape index (κ3) is 4.23. The van der Waals surface area contributed by atoms with Gasteiger partial charge in [-0.1, -0.05) is 0 Å². The van der Waals surface area contributed by atoms with Crippen molar-refractivity contribution in [2.24, 2.45) is 5.73 Å². The Morgan fingerprint density at radius 1 is 1.35 bits per heavy atom. The monoisotopic (exact) mass is 407 g/mol. The van der Waals surface area contributed by atoms with E-state index in [1.165, 1.54) is 9.14 Å². The van der Waals surface area contributed by atoms with E-state index in [-0.39, 0.29) is 6.04 Å². The minimum atomic E-state index is -2.84. The molecule has 2 nitrogen and oxygen atoms in total. The number of benzene rings is 1. The van der Waals surface area contributed by atoms with Crippen molar-refractivity contribution in [3.63, 3.8) is 0 Å². The number of halogens is 1. The maximum absolute atomic E-state index is 6.23. The molecule has 0 aliphatic rings. The van der Waals surface area contributed by atoms with Gasteiger partial charge in [-0.2, -0.15) is 0 Å². The number of hydrogen-bond donors (Lipinski definition) is 1. The van der Waals surface area contributed by atoms with Crippen LogP contribution in [0.3, 0.4) is 0 Å². The second kappa shape index (κ2) is 6.55. The number of hydrogen-bond acceptors (Lipinski definition) is 2. The molecule has 0 saturated heterocycles. The average Bonchev–Trinajstić information content (AvgIpc) is 2.28. The van der Waals surface area contributed by atoms with Gasteiger partial charge in [0, 0.05) is 0 Å². The molecule has 3 atom stereocenters. The molecule has 3 unspecified atom stereocenters. The second-order valence-corrected chi connectivity index (χ2v) is 22.2. The SMILES string of the molecule is CCC(C)[O][Sn]([CH3])([Br])[c]1ccccc1C(C)N. The predicted molar refractivity (Wildman–Crippen MR) is 80.1 cm³/mol. The molecule has 0 amide bonds. The van der Waals surface area contributed by atoms with Gasteiger partial charge in [-0.3, -0.25) is 0 Å². The summed E-state index contributed by atoms with van der Waals surface area (Å²) in [5, 5.41) is 0. The molecule has 96 valence electrons. The Morgan fingerprint density at radius 2 is 1.94 bits per heavy atom. The van der Waals surface area contributed by atoms with Crippen molar-refractivity contribution in [1.82, 2.24) is 0 Å². The van der Waals surface area contributed by atoms with E-state index in [1.807, 2.05) is 13.0 Å². The van der Waals surface area contributed by atoms with Crippen LogP contribution in [0, 0.1) is 0 Å². The third-order valence-electron chi connectivity index (χ3n) is 2.93. The Balaban J connectivity index is 3.05. The standard InChI is InChI=1S/C8H10N.C4H9O.CH3.BrH.Sn/c1-7(9)8-5-3-2-4-6-8;1-3-4(2)5;;;/h2-5,7H,9H2,1H3;4H,3H2,1-2H3;1H3;1H;/q;-1;;;+2/p-1. The van der Waals surface area contributed by atoms with Crippen molar-refractivity contribution < 1.29 is 3.07 Å². The first-order valence-corrected chi connectivity index (χ1v) is 17.9. The summed E-state index contributed by atoms with van der Waals surface area (Å²) in [6.45, 7) is 6.30. The molecular formula is C13H22BrNOSn. The maximum atomic E-state index is 6.23. The molecule has 0 radical (unpaired) electrons. The van der Waals surface area contributed by atoms with E-state index in [0.717, 1.165) is 6.42 Å². The molecular weight excluding hydrogens is 385 g/mol. The number of rotatable bonds is 5. The van der Waals surface area contributed by atoms with Gasteiger partial charge in [-0.05, 0) is 0 Å². The Morgan fingerprint density at radius 3 is 2.47 bits per heavy atom. The van der Waals surface area contributed by atoms with E-state index in [1.54, 1.807) is 0 Å². The van der Waals surface area contributed by atoms with Crippen molar-refractivity contribution in [1.29, 1.82) is 0 Å². The second-order valence-electron chi connectivity index (χ2n) is 4.63. The van der Waals surface area contributed by atoms with Crippen molar-refractivity contribution >= 4 is 32.9 Å². The third-order valence-corrected chi connectivity index (χ3v) is 13.5. The van der Waals surface area contributed by atoms with Gasteiger partial charge in [-0.25, -0.2) is 0 Å². The van der Waals surface area contributed by atoms with Gasteiger partial charge in [0.1, 0.15) is 0 Å². The summed E-state index contributed by atoms with van der Waals surface area (Å²) in [5.41, 5.74) is 7.25. The fourth-order valence-electron chi connectivity index (χ4n) is 1.83. The summed E-state index contributed by atoms with van der Waals surface area (Å²) >= 11 is 1.05. The first kappa shape index (κ1) is 15.5. The molecule has 2 N–H and O–H groups in total. The Kier molecular flexibility index (Phi) is 5.96. The first-order chi connectivity index (χ1) is 7.88. The van der Waals surface area contributed by atoms with Gasteiger partial charge in [0.15, 0.2) is 0 Å². The summed E-state index contributed by atoms with van der Waals surface area (Å²) in [4.78, 5) is 2.24. The molecule has 0 heterocycles. The van der Waals surface area contributed by atoms with Crippen LogP contribution in [-0.2, 0) is 3.07 Å². The van der Waals surface area contributed by atoms with E-state index < -0.39 is 16.6 Å². The molecule has 0 fully saturated rings. The zero-order valence-electron chi connectivity index (χ0n) is 11.0. The predicted octanol–water partition coefficient (Wildman–Crippen LogP) is 3.20. The van der Waals surface area contributed by atoms with Crippen LogP contribution in [0.15, 0.2) is 24.3 Å². The van der Waals surface area contributed by atoms with Gasteiger partial charge in [-0.15, -0.1) is 0 Å². The Hall–Kier alpha value is 0.419. The van der Waals surface area contributed by atoms with Gasteiger partial charge in [0.2, 0.25) is 0 Å². The van der Waals surface area contributed by atoms with Crippen molar-refractivity contribution in [2.75, 3.05) is 0 Å². The molecule has 0 aliphatic heterocycles. The van der Waals surface area contributed by atoms with Crippen LogP contribution >= 0.6 is 12.7 Å². The van der Waals surface area contributed by atoms with Crippen molar-refractivity contribution in [3.8, 4) is 0 Å². The van der Waals surface area contributed by atoms with Crippen LogP contribution < -0.4 is 9.31 Å². The Bertz CT molecular complexity index is 368. The van der Waals surface area contributed by atoms with E-state index >= 15 is 0 Å². The van der Waals surface area contributed by atoms with Crippen LogP contribution in [0.4, 0.5) is 0 Å². The average molecular weight is 407 g/mol. The van der Waals surface area contributed by atoms with E-state index in [4.69, 9.17) is 8.81 Å². The van der Waals surface area contributed by atoms with Crippen LogP contribution in [0.5, 0.6) is 0 Å². The summed E-state index contributed by atoms with van der Waals surface area (Å²) in [7, 11) is 0. The summed E-state index contributed by atoms with van der Waals surface area (Å²) in [6.07, 6.45) is 1.34. The van der Waals surface area contributed by atoms with E-state index in [0.29, 0.717) is 6.10 Å². The molecule has 0 saturated carbocycles. The van der Waals surface area contributed by atoms with Crippen molar-refractivity contribution in [2.45, 2.75) is 44.3 Å². The van der Waals surface area contributed by atoms with Crippen LogP contribution in [0.2, 0.25) is 4.94 Å². The normalized spacial score (nSPS) is 18.5. The van der Waals surface area contributed by atoms with Crippen LogP contribution in [0.25, 0.3) is 0 Å². The molecule has 1 aromatic carbocycles. The summed E-state index contributed by atoms with van der Waals surface area (Å²) in [6, 6.07) is 8.43. The number of nitrogens with two attached hydrogens (primary N) is 1. The summed E-state index contributed by atoms with van der Waals surface area (Å²) < 4.78 is 7.55. The zero-order chi connectivity index (χ0) is 13.1.